The van der Waals surface area contributed by atoms with Crippen LogP contribution in [0.2, 0.25) is 5.02 Å². The van der Waals surface area contributed by atoms with Crippen LogP contribution in [-0.4, -0.2) is 58.5 Å². The van der Waals surface area contributed by atoms with Gasteiger partial charge in [0.2, 0.25) is 0 Å². The molecule has 8 heteroatoms. The summed E-state index contributed by atoms with van der Waals surface area (Å²) >= 11 is 7.93. The zero-order chi connectivity index (χ0) is 27.1. The van der Waals surface area contributed by atoms with Crippen LogP contribution in [0.25, 0.3) is 0 Å². The van der Waals surface area contributed by atoms with Gasteiger partial charge in [-0.3, -0.25) is 4.79 Å². The number of phenols is 1. The number of piperazine rings is 1. The van der Waals surface area contributed by atoms with E-state index in [9.17, 15) is 14.3 Å². The van der Waals surface area contributed by atoms with Gasteiger partial charge in [-0.05, 0) is 86.4 Å². The number of hydrogen-bond acceptors (Lipinski definition) is 5. The van der Waals surface area contributed by atoms with E-state index in [4.69, 9.17) is 11.6 Å². The van der Waals surface area contributed by atoms with Crippen LogP contribution in [0.5, 0.6) is 5.75 Å². The molecule has 2 atom stereocenters. The molecule has 2 bridgehead atoms. The Bertz CT molecular complexity index is 1350. The number of halogens is 2. The summed E-state index contributed by atoms with van der Waals surface area (Å²) in [7, 11) is 0. The van der Waals surface area contributed by atoms with Crippen LogP contribution in [0.3, 0.4) is 0 Å². The fraction of sp³-hybridized carbons (Fsp3) is 0.387. The lowest BCUT2D eigenvalue weighted by molar-refractivity contribution is 0.0718. The van der Waals surface area contributed by atoms with Gasteiger partial charge in [-0.2, -0.15) is 0 Å². The number of rotatable bonds is 5. The molecular weight excluding hydrogens is 533 g/mol. The van der Waals surface area contributed by atoms with Crippen LogP contribution in [0.15, 0.2) is 65.6 Å². The lowest BCUT2D eigenvalue weighted by Gasteiger charge is -2.43. The Kier molecular flexibility index (Phi) is 7.49. The highest BCUT2D eigenvalue weighted by Gasteiger charge is 2.42. The van der Waals surface area contributed by atoms with Crippen molar-refractivity contribution in [1.82, 2.24) is 9.21 Å². The Morgan fingerprint density at radius 2 is 1.67 bits per heavy atom. The Labute approximate surface area is 238 Å². The molecule has 204 valence electrons. The third-order valence-corrected chi connectivity index (χ3v) is 9.88. The van der Waals surface area contributed by atoms with Gasteiger partial charge < -0.3 is 14.9 Å². The molecule has 2 unspecified atom stereocenters. The number of nitrogens with zero attached hydrogens (tertiary/aromatic N) is 3. The highest BCUT2D eigenvalue weighted by Crippen LogP contribution is 2.43. The van der Waals surface area contributed by atoms with Gasteiger partial charge in [0.1, 0.15) is 11.6 Å². The number of fused-ring (bicyclic) bond motifs is 2. The third-order valence-electron chi connectivity index (χ3n) is 8.49. The van der Waals surface area contributed by atoms with E-state index in [0.29, 0.717) is 30.3 Å². The summed E-state index contributed by atoms with van der Waals surface area (Å²) in [6.45, 7) is 5.14. The first-order valence-corrected chi connectivity index (χ1v) is 14.9. The number of amides is 1. The summed E-state index contributed by atoms with van der Waals surface area (Å²) in [6, 6.07) is 19.1. The van der Waals surface area contributed by atoms with Crippen molar-refractivity contribution in [3.05, 3.63) is 88.2 Å². The molecule has 3 aromatic rings. The number of carbonyl (C=O) groups excluding carboxylic acids is 1. The van der Waals surface area contributed by atoms with Gasteiger partial charge in [-0.25, -0.2) is 8.70 Å². The van der Waals surface area contributed by atoms with Gasteiger partial charge in [0.25, 0.3) is 5.91 Å². The largest absolute Gasteiger partial charge is 0.508 e. The summed E-state index contributed by atoms with van der Waals surface area (Å²) in [5, 5.41) is 11.0. The van der Waals surface area contributed by atoms with Crippen LogP contribution in [0.4, 0.5) is 10.1 Å². The van der Waals surface area contributed by atoms with E-state index in [-0.39, 0.29) is 23.0 Å². The molecule has 0 aliphatic carbocycles. The Balaban J connectivity index is 1.15. The highest BCUT2D eigenvalue weighted by molar-refractivity contribution is 7.97. The molecule has 3 aliphatic rings. The van der Waals surface area contributed by atoms with Gasteiger partial charge in [0.15, 0.2) is 0 Å². The highest BCUT2D eigenvalue weighted by atomic mass is 35.5. The third kappa shape index (κ3) is 5.37. The number of aromatic hydroxyl groups is 1. The molecule has 3 aromatic carbocycles. The lowest BCUT2D eigenvalue weighted by Crippen LogP contribution is -2.55. The normalized spacial score (nSPS) is 21.9. The number of anilines is 1. The van der Waals surface area contributed by atoms with Crippen molar-refractivity contribution in [2.75, 3.05) is 31.1 Å². The number of hydrogen-bond donors (Lipinski definition) is 1. The van der Waals surface area contributed by atoms with Crippen LogP contribution >= 0.6 is 23.5 Å². The quantitative estimate of drug-likeness (QED) is 0.342. The molecule has 3 heterocycles. The minimum Gasteiger partial charge on any atom is -0.508 e. The average molecular weight is 566 g/mol. The summed E-state index contributed by atoms with van der Waals surface area (Å²) in [5.74, 6) is 0.309. The second kappa shape index (κ2) is 11.0. The van der Waals surface area contributed by atoms with E-state index in [1.54, 1.807) is 11.9 Å². The number of benzene rings is 3. The predicted molar refractivity (Wildman–Crippen MR) is 155 cm³/mol. The van der Waals surface area contributed by atoms with E-state index in [1.165, 1.54) is 23.8 Å². The fourth-order valence-corrected chi connectivity index (χ4v) is 7.70. The minimum absolute atomic E-state index is 0.146. The zero-order valence-electron chi connectivity index (χ0n) is 22.0. The van der Waals surface area contributed by atoms with Gasteiger partial charge >= 0.3 is 0 Å². The van der Waals surface area contributed by atoms with Crippen molar-refractivity contribution in [2.24, 2.45) is 0 Å². The Hall–Kier alpha value is -2.74. The van der Waals surface area contributed by atoms with E-state index in [1.807, 2.05) is 17.9 Å². The zero-order valence-corrected chi connectivity index (χ0v) is 23.6. The molecule has 0 radical (unpaired) electrons. The first-order chi connectivity index (χ1) is 18.9. The van der Waals surface area contributed by atoms with Crippen molar-refractivity contribution in [2.45, 2.75) is 55.5 Å². The molecule has 1 N–H and O–H groups in total. The summed E-state index contributed by atoms with van der Waals surface area (Å²) in [4.78, 5) is 18.6. The first kappa shape index (κ1) is 26.5. The molecule has 0 saturated carbocycles. The van der Waals surface area contributed by atoms with Crippen molar-refractivity contribution < 1.29 is 14.3 Å². The molecule has 3 fully saturated rings. The summed E-state index contributed by atoms with van der Waals surface area (Å²) in [6.07, 6.45) is 4.21. The average Bonchev–Trinajstić information content (AvgIpc) is 3.19. The smallest absolute Gasteiger partial charge is 0.255 e. The molecule has 0 spiro atoms. The van der Waals surface area contributed by atoms with Crippen LogP contribution < -0.4 is 4.90 Å². The predicted octanol–water partition coefficient (Wildman–Crippen LogP) is 6.87. The Morgan fingerprint density at radius 3 is 2.33 bits per heavy atom. The maximum atomic E-state index is 13.5. The molecule has 39 heavy (non-hydrogen) atoms. The molecule has 3 aliphatic heterocycles. The maximum absolute atomic E-state index is 13.5. The monoisotopic (exact) mass is 565 g/mol. The molecule has 5 nitrogen and oxygen atoms in total. The first-order valence-electron chi connectivity index (χ1n) is 13.7. The van der Waals surface area contributed by atoms with Crippen molar-refractivity contribution >= 4 is 35.1 Å². The molecule has 3 saturated heterocycles. The van der Waals surface area contributed by atoms with Crippen LogP contribution in [0.1, 0.15) is 53.1 Å². The topological polar surface area (TPSA) is 47.0 Å². The van der Waals surface area contributed by atoms with Gasteiger partial charge in [-0.15, -0.1) is 0 Å². The number of carbonyl (C=O) groups is 1. The lowest BCUT2D eigenvalue weighted by atomic mass is 9.90. The fourth-order valence-electron chi connectivity index (χ4n) is 6.43. The SMILES string of the molecule is Cc1c(O)cc(SN2CCC(c3ccccc3)CC2)cc1N1C2CCC1CN(C(=O)c1ccc(F)cc1Cl)C2. The van der Waals surface area contributed by atoms with Crippen molar-refractivity contribution in [1.29, 1.82) is 0 Å². The minimum atomic E-state index is -0.449. The van der Waals surface area contributed by atoms with Gasteiger partial charge in [0.05, 0.1) is 10.6 Å². The second-order valence-electron chi connectivity index (χ2n) is 10.9. The Morgan fingerprint density at radius 1 is 0.974 bits per heavy atom. The van der Waals surface area contributed by atoms with Gasteiger partial charge in [0, 0.05) is 54.4 Å². The summed E-state index contributed by atoms with van der Waals surface area (Å²) in [5.41, 5.74) is 3.69. The number of piperidine rings is 1. The van der Waals surface area contributed by atoms with E-state index in [2.05, 4.69) is 45.6 Å². The maximum Gasteiger partial charge on any atom is 0.255 e. The summed E-state index contributed by atoms with van der Waals surface area (Å²) < 4.78 is 15.9. The van der Waals surface area contributed by atoms with E-state index < -0.39 is 5.82 Å². The van der Waals surface area contributed by atoms with Crippen molar-refractivity contribution in [3.63, 3.8) is 0 Å². The molecule has 6 rings (SSSR count). The van der Waals surface area contributed by atoms with Crippen LogP contribution in [-0.2, 0) is 0 Å². The van der Waals surface area contributed by atoms with Crippen molar-refractivity contribution in [3.8, 4) is 5.75 Å². The standard InChI is InChI=1S/C31H33ClFN3O2S/c1-20-29(16-26(17-30(20)37)39-35-13-11-22(12-14-35)21-5-3-2-4-6-21)36-24-8-9-25(36)19-34(18-24)31(38)27-10-7-23(33)15-28(27)32/h2-7,10,15-17,22,24-25,37H,8-9,11-14,18-19H2,1H3. The number of phenolic OH excluding ortho intramolecular Hbond substituents is 1. The van der Waals surface area contributed by atoms with Crippen LogP contribution in [0, 0.1) is 12.7 Å². The molecule has 1 amide bonds. The molecular formula is C31H33ClFN3O2S. The van der Waals surface area contributed by atoms with Gasteiger partial charge in [-0.1, -0.05) is 41.9 Å². The van der Waals surface area contributed by atoms with E-state index in [0.717, 1.165) is 54.9 Å². The number of likely N-dealkylation sites (tertiary alicyclic amines) is 1. The molecule has 0 aromatic heterocycles. The second-order valence-corrected chi connectivity index (χ2v) is 12.5. The van der Waals surface area contributed by atoms with E-state index >= 15 is 0 Å².